The number of anilines is 1. The fraction of sp³-hybridized carbons (Fsp3) is 0.529. The summed E-state index contributed by atoms with van der Waals surface area (Å²) in [5.41, 5.74) is 1.33. The van der Waals surface area contributed by atoms with Gasteiger partial charge in [0.2, 0.25) is 5.91 Å². The number of nitrogens with zero attached hydrogens (tertiary/aromatic N) is 2. The monoisotopic (exact) mass is 266 g/mol. The fourth-order valence-electron chi connectivity index (χ4n) is 4.86. The second-order valence-electron chi connectivity index (χ2n) is 6.54. The van der Waals surface area contributed by atoms with Crippen LogP contribution in [0, 0.1) is 40.9 Å². The summed E-state index contributed by atoms with van der Waals surface area (Å²) in [4.78, 5) is 14.4. The van der Waals surface area contributed by atoms with Crippen molar-refractivity contribution in [1.29, 1.82) is 5.26 Å². The summed E-state index contributed by atoms with van der Waals surface area (Å²) in [6, 6.07) is 9.54. The molecule has 3 saturated carbocycles. The van der Waals surface area contributed by atoms with Crippen molar-refractivity contribution in [1.82, 2.24) is 0 Å². The summed E-state index contributed by atoms with van der Waals surface area (Å²) >= 11 is 0. The van der Waals surface area contributed by atoms with Crippen LogP contribution >= 0.6 is 0 Å². The Labute approximate surface area is 119 Å². The van der Waals surface area contributed by atoms with E-state index in [2.05, 4.69) is 6.07 Å². The second kappa shape index (κ2) is 4.09. The SMILES string of the molecule is CN(C(=O)C1C2C3CCC(C3)C12)c1ccccc1C#N. The molecule has 0 aromatic heterocycles. The number of carbonyl (C=O) groups excluding carboxylic acids is 1. The zero-order valence-corrected chi connectivity index (χ0v) is 11.6. The van der Waals surface area contributed by atoms with Crippen molar-refractivity contribution < 1.29 is 4.79 Å². The van der Waals surface area contributed by atoms with Crippen molar-refractivity contribution in [2.24, 2.45) is 29.6 Å². The smallest absolute Gasteiger partial charge is 0.230 e. The van der Waals surface area contributed by atoms with Gasteiger partial charge >= 0.3 is 0 Å². The maximum absolute atomic E-state index is 12.7. The number of rotatable bonds is 2. The summed E-state index contributed by atoms with van der Waals surface area (Å²) in [5, 5.41) is 9.17. The lowest BCUT2D eigenvalue weighted by atomic mass is 10.0. The summed E-state index contributed by atoms with van der Waals surface area (Å²) in [6.07, 6.45) is 4.01. The Morgan fingerprint density at radius 3 is 2.55 bits per heavy atom. The molecule has 4 atom stereocenters. The van der Waals surface area contributed by atoms with Gasteiger partial charge in [-0.15, -0.1) is 0 Å². The summed E-state index contributed by atoms with van der Waals surface area (Å²) in [7, 11) is 1.81. The molecule has 1 amide bonds. The van der Waals surface area contributed by atoms with Crippen molar-refractivity contribution in [3.05, 3.63) is 29.8 Å². The average molecular weight is 266 g/mol. The van der Waals surface area contributed by atoms with Crippen molar-refractivity contribution in [3.63, 3.8) is 0 Å². The minimum Gasteiger partial charge on any atom is -0.314 e. The van der Waals surface area contributed by atoms with E-state index in [9.17, 15) is 10.1 Å². The van der Waals surface area contributed by atoms with E-state index in [4.69, 9.17) is 0 Å². The van der Waals surface area contributed by atoms with Gasteiger partial charge in [0, 0.05) is 13.0 Å². The van der Waals surface area contributed by atoms with Crippen molar-refractivity contribution in [2.45, 2.75) is 19.3 Å². The molecule has 3 aliphatic carbocycles. The van der Waals surface area contributed by atoms with E-state index in [1.807, 2.05) is 25.2 Å². The first-order valence-electron chi connectivity index (χ1n) is 7.49. The molecule has 102 valence electrons. The standard InChI is InChI=1S/C17H18N2O/c1-19(13-5-3-2-4-12(13)9-18)17(20)16-14-10-6-7-11(8-10)15(14)16/h2-5,10-11,14-16H,6-8H2,1H3. The minimum absolute atomic E-state index is 0.222. The second-order valence-corrected chi connectivity index (χ2v) is 6.54. The quantitative estimate of drug-likeness (QED) is 0.826. The van der Waals surface area contributed by atoms with Crippen LogP contribution in [-0.2, 0) is 4.79 Å². The molecule has 0 radical (unpaired) electrons. The van der Waals surface area contributed by atoms with Gasteiger partial charge in [-0.05, 0) is 55.1 Å². The van der Waals surface area contributed by atoms with Crippen LogP contribution in [0.3, 0.4) is 0 Å². The molecule has 4 rings (SSSR count). The highest BCUT2D eigenvalue weighted by molar-refractivity contribution is 5.98. The number of carbonyl (C=O) groups is 1. The van der Waals surface area contributed by atoms with Gasteiger partial charge in [0.1, 0.15) is 6.07 Å². The van der Waals surface area contributed by atoms with Crippen molar-refractivity contribution >= 4 is 11.6 Å². The highest BCUT2D eigenvalue weighted by Crippen LogP contribution is 2.69. The largest absolute Gasteiger partial charge is 0.314 e. The molecule has 2 bridgehead atoms. The van der Waals surface area contributed by atoms with E-state index in [0.717, 1.165) is 17.5 Å². The minimum atomic E-state index is 0.222. The molecule has 3 fully saturated rings. The lowest BCUT2D eigenvalue weighted by molar-refractivity contribution is -0.120. The number of hydrogen-bond acceptors (Lipinski definition) is 2. The number of amides is 1. The van der Waals surface area contributed by atoms with Gasteiger partial charge in [-0.25, -0.2) is 0 Å². The number of hydrogen-bond donors (Lipinski definition) is 0. The maximum atomic E-state index is 12.7. The summed E-state index contributed by atoms with van der Waals surface area (Å²) in [6.45, 7) is 0. The van der Waals surface area contributed by atoms with E-state index in [1.165, 1.54) is 19.3 Å². The third-order valence-corrected chi connectivity index (χ3v) is 5.74. The van der Waals surface area contributed by atoms with Gasteiger partial charge in [0.25, 0.3) is 0 Å². The van der Waals surface area contributed by atoms with Crippen LogP contribution in [0.25, 0.3) is 0 Å². The lowest BCUT2D eigenvalue weighted by Gasteiger charge is -2.20. The van der Waals surface area contributed by atoms with Crippen LogP contribution in [0.2, 0.25) is 0 Å². The predicted molar refractivity (Wildman–Crippen MR) is 75.9 cm³/mol. The van der Waals surface area contributed by atoms with Crippen LogP contribution in [0.5, 0.6) is 0 Å². The van der Waals surface area contributed by atoms with E-state index in [1.54, 1.807) is 11.0 Å². The van der Waals surface area contributed by atoms with Gasteiger partial charge in [-0.3, -0.25) is 4.79 Å². The maximum Gasteiger partial charge on any atom is 0.230 e. The Balaban J connectivity index is 1.57. The van der Waals surface area contributed by atoms with Gasteiger partial charge in [0.05, 0.1) is 11.3 Å². The zero-order chi connectivity index (χ0) is 13.9. The lowest BCUT2D eigenvalue weighted by Crippen LogP contribution is -2.30. The van der Waals surface area contributed by atoms with E-state index < -0.39 is 0 Å². The van der Waals surface area contributed by atoms with Crippen molar-refractivity contribution in [2.75, 3.05) is 11.9 Å². The number of fused-ring (bicyclic) bond motifs is 5. The first kappa shape index (κ1) is 12.0. The third kappa shape index (κ3) is 1.48. The first-order chi connectivity index (χ1) is 9.72. The van der Waals surface area contributed by atoms with Crippen LogP contribution in [0.1, 0.15) is 24.8 Å². The number of para-hydroxylation sites is 1. The first-order valence-corrected chi connectivity index (χ1v) is 7.49. The molecule has 3 heteroatoms. The molecule has 0 spiro atoms. The Morgan fingerprint density at radius 2 is 1.90 bits per heavy atom. The molecular weight excluding hydrogens is 248 g/mol. The van der Waals surface area contributed by atoms with Crippen LogP contribution < -0.4 is 4.90 Å². The van der Waals surface area contributed by atoms with Gasteiger partial charge in [-0.2, -0.15) is 5.26 Å². The van der Waals surface area contributed by atoms with Crippen LogP contribution in [0.15, 0.2) is 24.3 Å². The Kier molecular flexibility index (Phi) is 2.44. The Hall–Kier alpha value is -1.82. The van der Waals surface area contributed by atoms with Crippen LogP contribution in [0.4, 0.5) is 5.69 Å². The molecule has 0 aliphatic heterocycles. The molecule has 3 nitrogen and oxygen atoms in total. The molecule has 1 aromatic carbocycles. The van der Waals surface area contributed by atoms with Gasteiger partial charge in [0.15, 0.2) is 0 Å². The van der Waals surface area contributed by atoms with Gasteiger partial charge < -0.3 is 4.90 Å². The van der Waals surface area contributed by atoms with E-state index >= 15 is 0 Å². The molecular formula is C17H18N2O. The average Bonchev–Trinajstić information content (AvgIpc) is 2.92. The Morgan fingerprint density at radius 1 is 1.25 bits per heavy atom. The van der Waals surface area contributed by atoms with E-state index in [0.29, 0.717) is 17.4 Å². The molecule has 0 heterocycles. The molecule has 4 unspecified atom stereocenters. The molecule has 20 heavy (non-hydrogen) atoms. The topological polar surface area (TPSA) is 44.1 Å². The molecule has 0 N–H and O–H groups in total. The third-order valence-electron chi connectivity index (χ3n) is 5.74. The summed E-state index contributed by atoms with van der Waals surface area (Å²) < 4.78 is 0. The fourth-order valence-corrected chi connectivity index (χ4v) is 4.86. The van der Waals surface area contributed by atoms with Crippen LogP contribution in [-0.4, -0.2) is 13.0 Å². The molecule has 0 saturated heterocycles. The summed E-state index contributed by atoms with van der Waals surface area (Å²) in [5.74, 6) is 3.37. The highest BCUT2D eigenvalue weighted by atomic mass is 16.2. The molecule has 1 aromatic rings. The highest BCUT2D eigenvalue weighted by Gasteiger charge is 2.67. The van der Waals surface area contributed by atoms with Gasteiger partial charge in [-0.1, -0.05) is 12.1 Å². The Bertz CT molecular complexity index is 602. The predicted octanol–water partition coefficient (Wildman–Crippen LogP) is 2.81. The number of nitriles is 1. The molecule has 3 aliphatic rings. The van der Waals surface area contributed by atoms with Crippen molar-refractivity contribution in [3.8, 4) is 6.07 Å². The van der Waals surface area contributed by atoms with E-state index in [-0.39, 0.29) is 11.8 Å². The normalized spacial score (nSPS) is 36.3. The zero-order valence-electron chi connectivity index (χ0n) is 11.6. The number of benzene rings is 1.